The van der Waals surface area contributed by atoms with Gasteiger partial charge in [-0.15, -0.1) is 0 Å². The van der Waals surface area contributed by atoms with Crippen molar-refractivity contribution in [2.24, 2.45) is 0 Å². The molecule has 2 aromatic rings. The zero-order valence-corrected chi connectivity index (χ0v) is 11.1. The zero-order chi connectivity index (χ0) is 13.1. The van der Waals surface area contributed by atoms with E-state index in [2.05, 4.69) is 16.9 Å². The van der Waals surface area contributed by atoms with Gasteiger partial charge < -0.3 is 4.90 Å². The molecule has 0 aliphatic heterocycles. The Balaban J connectivity index is 2.59. The Morgan fingerprint density at radius 1 is 1.28 bits per heavy atom. The fraction of sp³-hybridized carbons (Fsp3) is 0.462. The van der Waals surface area contributed by atoms with E-state index in [4.69, 9.17) is 0 Å². The number of fused-ring (bicyclic) bond motifs is 1. The molecule has 0 atom stereocenters. The van der Waals surface area contributed by atoms with Crippen molar-refractivity contribution < 1.29 is 0 Å². The van der Waals surface area contributed by atoms with Gasteiger partial charge in [0, 0.05) is 18.8 Å². The molecule has 0 aromatic carbocycles. The fourth-order valence-electron chi connectivity index (χ4n) is 2.01. The van der Waals surface area contributed by atoms with Gasteiger partial charge in [-0.2, -0.15) is 9.97 Å². The van der Waals surface area contributed by atoms with Crippen molar-refractivity contribution in [1.82, 2.24) is 14.4 Å². The number of hydrogen-bond donors (Lipinski definition) is 0. The van der Waals surface area contributed by atoms with Gasteiger partial charge in [-0.1, -0.05) is 13.0 Å². The van der Waals surface area contributed by atoms with Gasteiger partial charge in [0.25, 0.3) is 0 Å². The molecule has 0 radical (unpaired) electrons. The van der Waals surface area contributed by atoms with Crippen LogP contribution in [0.1, 0.15) is 26.0 Å². The maximum absolute atomic E-state index is 12.0. The number of nitrogens with zero attached hydrogens (tertiary/aromatic N) is 4. The molecule has 2 aromatic heterocycles. The molecule has 5 heteroatoms. The largest absolute Gasteiger partial charge is 0.356 e. The van der Waals surface area contributed by atoms with Gasteiger partial charge in [0.1, 0.15) is 5.65 Å². The summed E-state index contributed by atoms with van der Waals surface area (Å²) < 4.78 is 1.53. The SMILES string of the molecule is CCCN(CC)c1nc(=O)n2c(C)cccc2n1. The molecule has 96 valence electrons. The molecule has 2 heterocycles. The minimum absolute atomic E-state index is 0.261. The van der Waals surface area contributed by atoms with E-state index in [-0.39, 0.29) is 5.69 Å². The van der Waals surface area contributed by atoms with E-state index in [1.165, 1.54) is 4.40 Å². The first-order chi connectivity index (χ1) is 8.67. The molecule has 0 fully saturated rings. The second-order valence-electron chi connectivity index (χ2n) is 4.25. The van der Waals surface area contributed by atoms with Gasteiger partial charge in [0.05, 0.1) is 0 Å². The highest BCUT2D eigenvalue weighted by atomic mass is 16.1. The highest BCUT2D eigenvalue weighted by Gasteiger charge is 2.10. The molecular formula is C13H18N4O. The Morgan fingerprint density at radius 2 is 2.06 bits per heavy atom. The number of hydrogen-bond acceptors (Lipinski definition) is 4. The second-order valence-corrected chi connectivity index (χ2v) is 4.25. The summed E-state index contributed by atoms with van der Waals surface area (Å²) in [6.45, 7) is 7.67. The molecule has 0 aliphatic carbocycles. The molecule has 0 aliphatic rings. The van der Waals surface area contributed by atoms with Crippen molar-refractivity contribution >= 4 is 11.6 Å². The molecule has 5 nitrogen and oxygen atoms in total. The molecule has 0 unspecified atom stereocenters. The molecule has 2 rings (SSSR count). The van der Waals surface area contributed by atoms with E-state index in [1.807, 2.05) is 36.9 Å². The van der Waals surface area contributed by atoms with Crippen LogP contribution in [0.4, 0.5) is 5.95 Å². The smallest absolute Gasteiger partial charge is 0.341 e. The monoisotopic (exact) mass is 246 g/mol. The Bertz CT molecular complexity index is 605. The van der Waals surface area contributed by atoms with Crippen LogP contribution in [0.25, 0.3) is 5.65 Å². The average molecular weight is 246 g/mol. The zero-order valence-electron chi connectivity index (χ0n) is 11.1. The predicted molar refractivity (Wildman–Crippen MR) is 72.2 cm³/mol. The Morgan fingerprint density at radius 3 is 2.72 bits per heavy atom. The third-order valence-electron chi connectivity index (χ3n) is 2.92. The van der Waals surface area contributed by atoms with Crippen molar-refractivity contribution in [3.05, 3.63) is 34.4 Å². The number of aryl methyl sites for hydroxylation is 1. The third kappa shape index (κ3) is 2.20. The first kappa shape index (κ1) is 12.5. The lowest BCUT2D eigenvalue weighted by atomic mass is 10.3. The third-order valence-corrected chi connectivity index (χ3v) is 2.92. The summed E-state index contributed by atoms with van der Waals surface area (Å²) in [6.07, 6.45) is 1.00. The van der Waals surface area contributed by atoms with E-state index < -0.39 is 0 Å². The van der Waals surface area contributed by atoms with Crippen LogP contribution in [0.2, 0.25) is 0 Å². The summed E-state index contributed by atoms with van der Waals surface area (Å²) in [6, 6.07) is 5.61. The maximum atomic E-state index is 12.0. The Labute approximate surface area is 106 Å². The van der Waals surface area contributed by atoms with Crippen molar-refractivity contribution in [1.29, 1.82) is 0 Å². The highest BCUT2D eigenvalue weighted by molar-refractivity contribution is 5.44. The summed E-state index contributed by atoms with van der Waals surface area (Å²) in [5, 5.41) is 0. The maximum Gasteiger partial charge on any atom is 0.356 e. The summed E-state index contributed by atoms with van der Waals surface area (Å²) in [4.78, 5) is 22.6. The number of aromatic nitrogens is 3. The highest BCUT2D eigenvalue weighted by Crippen LogP contribution is 2.08. The first-order valence-corrected chi connectivity index (χ1v) is 6.28. The van der Waals surface area contributed by atoms with Gasteiger partial charge in [0.2, 0.25) is 5.95 Å². The van der Waals surface area contributed by atoms with Crippen molar-refractivity contribution in [2.45, 2.75) is 27.2 Å². The topological polar surface area (TPSA) is 50.5 Å². The van der Waals surface area contributed by atoms with Gasteiger partial charge in [0.15, 0.2) is 0 Å². The normalized spacial score (nSPS) is 10.8. The first-order valence-electron chi connectivity index (χ1n) is 6.28. The van der Waals surface area contributed by atoms with Crippen molar-refractivity contribution in [3.8, 4) is 0 Å². The van der Waals surface area contributed by atoms with Gasteiger partial charge in [-0.25, -0.2) is 9.20 Å². The van der Waals surface area contributed by atoms with Crippen LogP contribution in [0.3, 0.4) is 0 Å². The molecule has 0 N–H and O–H groups in total. The summed E-state index contributed by atoms with van der Waals surface area (Å²) in [5.74, 6) is 0.523. The lowest BCUT2D eigenvalue weighted by Crippen LogP contribution is -2.30. The van der Waals surface area contributed by atoms with Gasteiger partial charge in [-0.05, 0) is 32.4 Å². The van der Waals surface area contributed by atoms with Crippen LogP contribution in [0.5, 0.6) is 0 Å². The Kier molecular flexibility index (Phi) is 3.60. The standard InChI is InChI=1S/C13H18N4O/c1-4-9-16(5-2)12-14-11-8-6-7-10(3)17(11)13(18)15-12/h6-8H,4-5,9H2,1-3H3. The molecule has 0 saturated carbocycles. The van der Waals surface area contributed by atoms with Crippen LogP contribution in [-0.2, 0) is 0 Å². The minimum Gasteiger partial charge on any atom is -0.341 e. The minimum atomic E-state index is -0.261. The van der Waals surface area contributed by atoms with E-state index >= 15 is 0 Å². The van der Waals surface area contributed by atoms with Crippen molar-refractivity contribution in [2.75, 3.05) is 18.0 Å². The Hall–Kier alpha value is -1.91. The lowest BCUT2D eigenvalue weighted by molar-refractivity contribution is 0.749. The number of pyridine rings is 1. The van der Waals surface area contributed by atoms with Crippen LogP contribution in [-0.4, -0.2) is 27.5 Å². The van der Waals surface area contributed by atoms with E-state index in [1.54, 1.807) is 0 Å². The van der Waals surface area contributed by atoms with Gasteiger partial charge >= 0.3 is 5.69 Å². The summed E-state index contributed by atoms with van der Waals surface area (Å²) in [7, 11) is 0. The van der Waals surface area contributed by atoms with E-state index in [9.17, 15) is 4.79 Å². The van der Waals surface area contributed by atoms with E-state index in [0.29, 0.717) is 11.6 Å². The van der Waals surface area contributed by atoms with Crippen LogP contribution >= 0.6 is 0 Å². The van der Waals surface area contributed by atoms with Crippen LogP contribution < -0.4 is 10.6 Å². The lowest BCUT2D eigenvalue weighted by Gasteiger charge is -2.19. The predicted octanol–water partition coefficient (Wildman–Crippen LogP) is 1.63. The molecule has 18 heavy (non-hydrogen) atoms. The quantitative estimate of drug-likeness (QED) is 0.823. The summed E-state index contributed by atoms with van der Waals surface area (Å²) >= 11 is 0. The molecular weight excluding hydrogens is 228 g/mol. The van der Waals surface area contributed by atoms with Crippen molar-refractivity contribution in [3.63, 3.8) is 0 Å². The molecule has 0 bridgehead atoms. The van der Waals surface area contributed by atoms with Gasteiger partial charge in [-0.3, -0.25) is 0 Å². The second kappa shape index (κ2) is 5.16. The molecule has 0 spiro atoms. The number of rotatable bonds is 4. The van der Waals surface area contributed by atoms with Crippen LogP contribution in [0.15, 0.2) is 23.0 Å². The molecule has 0 saturated heterocycles. The molecule has 0 amide bonds. The average Bonchev–Trinajstić information content (AvgIpc) is 2.35. The summed E-state index contributed by atoms with van der Waals surface area (Å²) in [5.41, 5.74) is 1.24. The van der Waals surface area contributed by atoms with Crippen LogP contribution in [0, 0.1) is 6.92 Å². The van der Waals surface area contributed by atoms with E-state index in [0.717, 1.165) is 25.2 Å². The number of anilines is 1. The fourth-order valence-corrected chi connectivity index (χ4v) is 2.01.